The van der Waals surface area contributed by atoms with Crippen LogP contribution in [0.25, 0.3) is 0 Å². The number of nitrogens with one attached hydrogen (secondary N) is 1. The van der Waals surface area contributed by atoms with Gasteiger partial charge in [0.15, 0.2) is 0 Å². The molecule has 0 radical (unpaired) electrons. The summed E-state index contributed by atoms with van der Waals surface area (Å²) in [4.78, 5) is 11.9. The number of ether oxygens (including phenoxy) is 1. The number of nitrogens with two attached hydrogens (primary N) is 1. The summed E-state index contributed by atoms with van der Waals surface area (Å²) >= 11 is 0. The molecule has 3 N–H and O–H groups in total. The fourth-order valence-electron chi connectivity index (χ4n) is 1.73. The Kier molecular flexibility index (Phi) is 2.57. The standard InChI is InChI=1S/C9H15N5O/c1-5-3-6(4-5)11-8-12-7(10)13-9(14-8)15-2/h5-6H,3-4H2,1-2H3,(H3,10,11,12,13,14). The van der Waals surface area contributed by atoms with Crippen LogP contribution in [0.1, 0.15) is 19.8 Å². The van der Waals surface area contributed by atoms with Crippen molar-refractivity contribution in [2.45, 2.75) is 25.8 Å². The van der Waals surface area contributed by atoms with E-state index in [-0.39, 0.29) is 12.0 Å². The molecule has 1 heterocycles. The molecule has 1 aromatic rings. The highest BCUT2D eigenvalue weighted by atomic mass is 16.5. The zero-order valence-electron chi connectivity index (χ0n) is 8.90. The summed E-state index contributed by atoms with van der Waals surface area (Å²) in [6.45, 7) is 2.22. The lowest BCUT2D eigenvalue weighted by Crippen LogP contribution is -2.34. The lowest BCUT2D eigenvalue weighted by atomic mass is 9.82. The highest BCUT2D eigenvalue weighted by molar-refractivity contribution is 5.34. The van der Waals surface area contributed by atoms with Gasteiger partial charge in [0.1, 0.15) is 0 Å². The minimum Gasteiger partial charge on any atom is -0.467 e. The van der Waals surface area contributed by atoms with Gasteiger partial charge in [0.2, 0.25) is 11.9 Å². The lowest BCUT2D eigenvalue weighted by molar-refractivity contribution is 0.307. The van der Waals surface area contributed by atoms with Gasteiger partial charge >= 0.3 is 6.01 Å². The fourth-order valence-corrected chi connectivity index (χ4v) is 1.73. The maximum Gasteiger partial charge on any atom is 0.322 e. The van der Waals surface area contributed by atoms with Crippen LogP contribution in [0.3, 0.4) is 0 Å². The normalized spacial score (nSPS) is 24.4. The summed E-state index contributed by atoms with van der Waals surface area (Å²) < 4.78 is 4.91. The van der Waals surface area contributed by atoms with E-state index in [1.165, 1.54) is 7.11 Å². The molecule has 0 aromatic carbocycles. The Labute approximate surface area is 88.3 Å². The number of aromatic nitrogens is 3. The Morgan fingerprint density at radius 2 is 2.07 bits per heavy atom. The number of methoxy groups -OCH3 is 1. The minimum atomic E-state index is 0.178. The molecule has 0 unspecified atom stereocenters. The molecule has 1 aliphatic rings. The summed E-state index contributed by atoms with van der Waals surface area (Å²) in [5, 5.41) is 3.20. The molecule has 1 aromatic heterocycles. The van der Waals surface area contributed by atoms with E-state index in [9.17, 15) is 0 Å². The fraction of sp³-hybridized carbons (Fsp3) is 0.667. The van der Waals surface area contributed by atoms with Crippen LogP contribution in [0.15, 0.2) is 0 Å². The van der Waals surface area contributed by atoms with Crippen molar-refractivity contribution in [1.82, 2.24) is 15.0 Å². The van der Waals surface area contributed by atoms with Crippen molar-refractivity contribution < 1.29 is 4.74 Å². The van der Waals surface area contributed by atoms with Crippen LogP contribution >= 0.6 is 0 Å². The summed E-state index contributed by atoms with van der Waals surface area (Å²) in [7, 11) is 1.50. The van der Waals surface area contributed by atoms with Gasteiger partial charge in [-0.3, -0.25) is 0 Å². The number of nitrogens with zero attached hydrogens (tertiary/aromatic N) is 3. The Bertz CT molecular complexity index is 350. The van der Waals surface area contributed by atoms with Crippen molar-refractivity contribution in [3.05, 3.63) is 0 Å². The van der Waals surface area contributed by atoms with E-state index < -0.39 is 0 Å². The van der Waals surface area contributed by atoms with Gasteiger partial charge in [0.25, 0.3) is 0 Å². The first-order valence-corrected chi connectivity index (χ1v) is 4.99. The zero-order valence-corrected chi connectivity index (χ0v) is 8.90. The van der Waals surface area contributed by atoms with Gasteiger partial charge in [0.05, 0.1) is 7.11 Å². The number of hydrogen-bond donors (Lipinski definition) is 2. The molecule has 2 rings (SSSR count). The Hall–Kier alpha value is -1.59. The quantitative estimate of drug-likeness (QED) is 0.761. The first kappa shape index (κ1) is 9.95. The van der Waals surface area contributed by atoms with Gasteiger partial charge < -0.3 is 15.8 Å². The molecule has 0 atom stereocenters. The first-order chi connectivity index (χ1) is 7.17. The van der Waals surface area contributed by atoms with Gasteiger partial charge in [-0.1, -0.05) is 6.92 Å². The monoisotopic (exact) mass is 209 g/mol. The zero-order chi connectivity index (χ0) is 10.8. The van der Waals surface area contributed by atoms with Crippen LogP contribution in [0.2, 0.25) is 0 Å². The summed E-state index contributed by atoms with van der Waals surface area (Å²) in [6, 6.07) is 0.698. The van der Waals surface area contributed by atoms with E-state index in [4.69, 9.17) is 10.5 Å². The Morgan fingerprint density at radius 3 is 2.67 bits per heavy atom. The maximum atomic E-state index is 5.52. The second kappa shape index (κ2) is 3.88. The van der Waals surface area contributed by atoms with E-state index in [0.717, 1.165) is 18.8 Å². The summed E-state index contributed by atoms with van der Waals surface area (Å²) in [5.41, 5.74) is 5.52. The average Bonchev–Trinajstić information content (AvgIpc) is 2.14. The first-order valence-electron chi connectivity index (χ1n) is 4.99. The Morgan fingerprint density at radius 1 is 1.33 bits per heavy atom. The number of rotatable bonds is 3. The molecular formula is C9H15N5O. The molecule has 82 valence electrons. The van der Waals surface area contributed by atoms with Crippen molar-refractivity contribution in [2.75, 3.05) is 18.2 Å². The third-order valence-electron chi connectivity index (χ3n) is 2.52. The predicted molar refractivity (Wildman–Crippen MR) is 56.6 cm³/mol. The molecular weight excluding hydrogens is 194 g/mol. The Balaban J connectivity index is 2.04. The molecule has 1 fully saturated rings. The summed E-state index contributed by atoms with van der Waals surface area (Å²) in [5.74, 6) is 1.46. The van der Waals surface area contributed by atoms with E-state index in [1.54, 1.807) is 0 Å². The van der Waals surface area contributed by atoms with E-state index >= 15 is 0 Å². The van der Waals surface area contributed by atoms with E-state index in [1.807, 2.05) is 0 Å². The van der Waals surface area contributed by atoms with Crippen molar-refractivity contribution in [1.29, 1.82) is 0 Å². The smallest absolute Gasteiger partial charge is 0.322 e. The molecule has 1 saturated carbocycles. The molecule has 0 amide bonds. The van der Waals surface area contributed by atoms with Crippen LogP contribution in [-0.2, 0) is 0 Å². The van der Waals surface area contributed by atoms with Crippen molar-refractivity contribution in [2.24, 2.45) is 5.92 Å². The van der Waals surface area contributed by atoms with Crippen molar-refractivity contribution >= 4 is 11.9 Å². The second-order valence-corrected chi connectivity index (χ2v) is 3.92. The number of hydrogen-bond acceptors (Lipinski definition) is 6. The third kappa shape index (κ3) is 2.26. The van der Waals surface area contributed by atoms with Gasteiger partial charge in [-0.15, -0.1) is 0 Å². The second-order valence-electron chi connectivity index (χ2n) is 3.92. The molecule has 0 aliphatic heterocycles. The van der Waals surface area contributed by atoms with Gasteiger partial charge in [-0.25, -0.2) is 0 Å². The topological polar surface area (TPSA) is 86.0 Å². The molecule has 6 nitrogen and oxygen atoms in total. The summed E-state index contributed by atoms with van der Waals surface area (Å²) in [6.07, 6.45) is 2.29. The molecule has 15 heavy (non-hydrogen) atoms. The van der Waals surface area contributed by atoms with Gasteiger partial charge in [0, 0.05) is 6.04 Å². The minimum absolute atomic E-state index is 0.178. The predicted octanol–water partition coefficient (Wildman–Crippen LogP) is 0.673. The molecule has 0 bridgehead atoms. The van der Waals surface area contributed by atoms with Crippen LogP contribution in [0.4, 0.5) is 11.9 Å². The number of nitrogen functional groups attached to an aromatic ring is 1. The van der Waals surface area contributed by atoms with Gasteiger partial charge in [-0.05, 0) is 18.8 Å². The van der Waals surface area contributed by atoms with Crippen molar-refractivity contribution in [3.8, 4) is 6.01 Å². The highest BCUT2D eigenvalue weighted by Gasteiger charge is 2.25. The van der Waals surface area contributed by atoms with Crippen LogP contribution in [-0.4, -0.2) is 28.1 Å². The van der Waals surface area contributed by atoms with Crippen LogP contribution in [0.5, 0.6) is 6.01 Å². The highest BCUT2D eigenvalue weighted by Crippen LogP contribution is 2.28. The average molecular weight is 209 g/mol. The van der Waals surface area contributed by atoms with Crippen molar-refractivity contribution in [3.63, 3.8) is 0 Å². The van der Waals surface area contributed by atoms with Gasteiger partial charge in [-0.2, -0.15) is 15.0 Å². The third-order valence-corrected chi connectivity index (χ3v) is 2.52. The molecule has 0 spiro atoms. The largest absolute Gasteiger partial charge is 0.467 e. The van der Waals surface area contributed by atoms with E-state index in [0.29, 0.717) is 12.0 Å². The van der Waals surface area contributed by atoms with Crippen LogP contribution < -0.4 is 15.8 Å². The number of anilines is 2. The molecule has 1 aliphatic carbocycles. The van der Waals surface area contributed by atoms with E-state index in [2.05, 4.69) is 27.2 Å². The molecule has 0 saturated heterocycles. The van der Waals surface area contributed by atoms with Crippen LogP contribution in [0, 0.1) is 5.92 Å². The maximum absolute atomic E-state index is 5.52. The SMILES string of the molecule is COc1nc(N)nc(NC2CC(C)C2)n1. The molecule has 6 heteroatoms. The lowest BCUT2D eigenvalue weighted by Gasteiger charge is -2.33.